The first-order chi connectivity index (χ1) is 14.6. The van der Waals surface area contributed by atoms with E-state index in [0.717, 1.165) is 54.6 Å². The molecule has 1 saturated heterocycles. The number of nitrogens with two attached hydrogens (primary N) is 1. The molecule has 1 fully saturated rings. The van der Waals surface area contributed by atoms with Gasteiger partial charge in [-0.1, -0.05) is 30.3 Å². The molecule has 156 valence electrons. The van der Waals surface area contributed by atoms with E-state index in [1.165, 1.54) is 35.1 Å². The highest BCUT2D eigenvalue weighted by atomic mass is 32.1. The Bertz CT molecular complexity index is 1070. The molecule has 0 spiro atoms. The van der Waals surface area contributed by atoms with Crippen molar-refractivity contribution in [2.75, 3.05) is 31.1 Å². The highest BCUT2D eigenvalue weighted by Gasteiger charge is 2.31. The molecule has 1 aliphatic carbocycles. The summed E-state index contributed by atoms with van der Waals surface area (Å²) in [5.41, 5.74) is 8.22. The van der Waals surface area contributed by atoms with Crippen LogP contribution in [-0.4, -0.2) is 47.0 Å². The number of rotatable bonds is 4. The van der Waals surface area contributed by atoms with E-state index in [2.05, 4.69) is 9.80 Å². The van der Waals surface area contributed by atoms with E-state index in [9.17, 15) is 4.79 Å². The summed E-state index contributed by atoms with van der Waals surface area (Å²) < 4.78 is 0. The number of carbonyl (C=O) groups excluding carboxylic acids is 1. The Labute approximate surface area is 180 Å². The van der Waals surface area contributed by atoms with Gasteiger partial charge in [-0.3, -0.25) is 9.69 Å². The number of piperazine rings is 1. The third-order valence-electron chi connectivity index (χ3n) is 6.27. The van der Waals surface area contributed by atoms with E-state index in [1.807, 2.05) is 48.6 Å². The van der Waals surface area contributed by atoms with Gasteiger partial charge in [0.1, 0.15) is 22.5 Å². The van der Waals surface area contributed by atoms with Gasteiger partial charge in [0.05, 0.1) is 5.39 Å². The lowest BCUT2D eigenvalue weighted by Crippen LogP contribution is -2.50. The Hall–Kier alpha value is -2.51. The number of primary amides is 1. The standard InChI is InChI=1S/C23H27N5OS/c1-15-25-22(19-17-9-5-6-10-18(17)30-23(19)26-15)28-13-11-27(12-14-28)20(21(24)29)16-7-3-2-4-8-16/h2-4,7-8,20H,5-6,9-14H2,1H3,(H2,24,29)/t20-/m0/s1. The van der Waals surface area contributed by atoms with Gasteiger partial charge < -0.3 is 10.6 Å². The lowest BCUT2D eigenvalue weighted by molar-refractivity contribution is -0.123. The van der Waals surface area contributed by atoms with Crippen LogP contribution in [-0.2, 0) is 17.6 Å². The predicted octanol–water partition coefficient (Wildman–Crippen LogP) is 3.23. The van der Waals surface area contributed by atoms with Crippen molar-refractivity contribution < 1.29 is 4.79 Å². The van der Waals surface area contributed by atoms with Crippen molar-refractivity contribution in [1.82, 2.24) is 14.9 Å². The number of carbonyl (C=O) groups is 1. The van der Waals surface area contributed by atoms with Gasteiger partial charge in [0, 0.05) is 31.1 Å². The molecule has 6 nitrogen and oxygen atoms in total. The molecule has 2 N–H and O–H groups in total. The minimum absolute atomic E-state index is 0.290. The van der Waals surface area contributed by atoms with Gasteiger partial charge >= 0.3 is 0 Å². The third kappa shape index (κ3) is 3.46. The number of hydrogen-bond donors (Lipinski definition) is 1. The van der Waals surface area contributed by atoms with Crippen molar-refractivity contribution in [3.63, 3.8) is 0 Å². The smallest absolute Gasteiger partial charge is 0.239 e. The predicted molar refractivity (Wildman–Crippen MR) is 121 cm³/mol. The molecule has 0 saturated carbocycles. The average Bonchev–Trinajstić information content (AvgIpc) is 3.12. The summed E-state index contributed by atoms with van der Waals surface area (Å²) in [6, 6.07) is 9.47. The molecule has 30 heavy (non-hydrogen) atoms. The Morgan fingerprint density at radius 3 is 2.53 bits per heavy atom. The Kier molecular flexibility index (Phi) is 5.16. The molecule has 7 heteroatoms. The molecular formula is C23H27N5OS. The second-order valence-corrected chi connectivity index (χ2v) is 9.31. The molecule has 1 amide bonds. The van der Waals surface area contributed by atoms with Crippen LogP contribution in [0.1, 0.15) is 40.7 Å². The highest BCUT2D eigenvalue weighted by Crippen LogP contribution is 2.40. The maximum atomic E-state index is 12.2. The molecule has 3 heterocycles. The largest absolute Gasteiger partial charge is 0.368 e. The molecule has 3 aromatic rings. The summed E-state index contributed by atoms with van der Waals surface area (Å²) in [6.07, 6.45) is 4.82. The van der Waals surface area contributed by atoms with Crippen LogP contribution in [0.25, 0.3) is 10.2 Å². The van der Waals surface area contributed by atoms with E-state index >= 15 is 0 Å². The van der Waals surface area contributed by atoms with Gasteiger partial charge in [0.25, 0.3) is 0 Å². The minimum atomic E-state index is -0.380. The number of benzene rings is 1. The van der Waals surface area contributed by atoms with E-state index in [1.54, 1.807) is 0 Å². The van der Waals surface area contributed by atoms with Crippen LogP contribution < -0.4 is 10.6 Å². The van der Waals surface area contributed by atoms with Crippen LogP contribution >= 0.6 is 11.3 Å². The maximum absolute atomic E-state index is 12.2. The van der Waals surface area contributed by atoms with Gasteiger partial charge in [-0.25, -0.2) is 9.97 Å². The number of anilines is 1. The van der Waals surface area contributed by atoms with Crippen LogP contribution in [0.2, 0.25) is 0 Å². The second-order valence-electron chi connectivity index (χ2n) is 8.22. The molecule has 2 aliphatic rings. The van der Waals surface area contributed by atoms with Gasteiger partial charge in [-0.15, -0.1) is 11.3 Å². The topological polar surface area (TPSA) is 75.3 Å². The molecule has 5 rings (SSSR count). The zero-order valence-electron chi connectivity index (χ0n) is 17.3. The Balaban J connectivity index is 1.42. The molecule has 2 aromatic heterocycles. The number of nitrogens with zero attached hydrogens (tertiary/aromatic N) is 4. The normalized spacial score (nSPS) is 18.4. The van der Waals surface area contributed by atoms with Gasteiger partial charge in [-0.05, 0) is 43.7 Å². The van der Waals surface area contributed by atoms with E-state index in [4.69, 9.17) is 15.7 Å². The lowest BCUT2D eigenvalue weighted by Gasteiger charge is -2.39. The summed E-state index contributed by atoms with van der Waals surface area (Å²) in [6.45, 7) is 5.19. The Morgan fingerprint density at radius 1 is 1.07 bits per heavy atom. The number of amides is 1. The van der Waals surface area contributed by atoms with Gasteiger partial charge in [-0.2, -0.15) is 0 Å². The summed E-state index contributed by atoms with van der Waals surface area (Å²) in [5.74, 6) is 1.62. The number of aromatic nitrogens is 2. The molecule has 0 radical (unpaired) electrons. The first-order valence-electron chi connectivity index (χ1n) is 10.7. The van der Waals surface area contributed by atoms with Crippen molar-refractivity contribution in [2.45, 2.75) is 38.6 Å². The fourth-order valence-corrected chi connectivity index (χ4v) is 6.15. The minimum Gasteiger partial charge on any atom is -0.368 e. The summed E-state index contributed by atoms with van der Waals surface area (Å²) in [7, 11) is 0. The van der Waals surface area contributed by atoms with Gasteiger partial charge in [0.15, 0.2) is 0 Å². The molecule has 1 aromatic carbocycles. The quantitative estimate of drug-likeness (QED) is 0.700. The zero-order valence-corrected chi connectivity index (χ0v) is 18.1. The zero-order chi connectivity index (χ0) is 20.7. The van der Waals surface area contributed by atoms with E-state index in [-0.39, 0.29) is 11.9 Å². The van der Waals surface area contributed by atoms with Crippen molar-refractivity contribution in [1.29, 1.82) is 0 Å². The molecule has 0 bridgehead atoms. The van der Waals surface area contributed by atoms with Crippen LogP contribution in [0.5, 0.6) is 0 Å². The lowest BCUT2D eigenvalue weighted by atomic mass is 9.96. The third-order valence-corrected chi connectivity index (χ3v) is 7.46. The second kappa shape index (κ2) is 7.96. The van der Waals surface area contributed by atoms with Crippen molar-refractivity contribution >= 4 is 33.3 Å². The van der Waals surface area contributed by atoms with Crippen molar-refractivity contribution in [3.05, 3.63) is 52.2 Å². The summed E-state index contributed by atoms with van der Waals surface area (Å²) in [5, 5.41) is 1.27. The SMILES string of the molecule is Cc1nc(N2CCN([C@H](C(N)=O)c3ccccc3)CC2)c2c3c(sc2n1)CCCC3. The van der Waals surface area contributed by atoms with Crippen LogP contribution in [0, 0.1) is 6.92 Å². The van der Waals surface area contributed by atoms with Crippen molar-refractivity contribution in [2.24, 2.45) is 5.73 Å². The number of hydrogen-bond acceptors (Lipinski definition) is 6. The van der Waals surface area contributed by atoms with Crippen LogP contribution in [0.15, 0.2) is 30.3 Å². The fraction of sp³-hybridized carbons (Fsp3) is 0.435. The first kappa shape index (κ1) is 19.5. The van der Waals surface area contributed by atoms with E-state index in [0.29, 0.717) is 0 Å². The number of thiophene rings is 1. The Morgan fingerprint density at radius 2 is 1.80 bits per heavy atom. The molecule has 1 atom stereocenters. The highest BCUT2D eigenvalue weighted by molar-refractivity contribution is 7.19. The fourth-order valence-electron chi connectivity index (χ4n) is 4.85. The van der Waals surface area contributed by atoms with E-state index < -0.39 is 0 Å². The number of fused-ring (bicyclic) bond motifs is 3. The first-order valence-corrected chi connectivity index (χ1v) is 11.6. The monoisotopic (exact) mass is 421 g/mol. The van der Waals surface area contributed by atoms with Crippen LogP contribution in [0.3, 0.4) is 0 Å². The van der Waals surface area contributed by atoms with Crippen molar-refractivity contribution in [3.8, 4) is 0 Å². The molecule has 1 aliphatic heterocycles. The molecular weight excluding hydrogens is 394 g/mol. The maximum Gasteiger partial charge on any atom is 0.239 e. The molecule has 0 unspecified atom stereocenters. The average molecular weight is 422 g/mol. The summed E-state index contributed by atoms with van der Waals surface area (Å²) >= 11 is 1.85. The summed E-state index contributed by atoms with van der Waals surface area (Å²) in [4.78, 5) is 29.1. The number of aryl methyl sites for hydroxylation is 3. The van der Waals surface area contributed by atoms with Gasteiger partial charge in [0.2, 0.25) is 5.91 Å². The van der Waals surface area contributed by atoms with Crippen LogP contribution in [0.4, 0.5) is 5.82 Å².